The second-order valence-electron chi connectivity index (χ2n) is 4.21. The van der Waals surface area contributed by atoms with E-state index in [1.807, 2.05) is 0 Å². The first kappa shape index (κ1) is 5.40. The Hall–Kier alpha value is -0.260. The zero-order valence-electron chi connectivity index (χ0n) is 6.29. The summed E-state index contributed by atoms with van der Waals surface area (Å²) >= 11 is 0. The number of hydrogen-bond acceptors (Lipinski definition) is 0. The van der Waals surface area contributed by atoms with Gasteiger partial charge in [-0.1, -0.05) is 18.6 Å². The summed E-state index contributed by atoms with van der Waals surface area (Å²) in [7, 11) is 0. The van der Waals surface area contributed by atoms with Crippen LogP contribution in [-0.2, 0) is 0 Å². The second kappa shape index (κ2) is 1.66. The fourth-order valence-corrected chi connectivity index (χ4v) is 3.47. The molecule has 0 aromatic heterocycles. The minimum Gasteiger partial charge on any atom is -0.0848 e. The Bertz CT molecular complexity index is 162. The van der Waals surface area contributed by atoms with Crippen molar-refractivity contribution in [1.29, 1.82) is 0 Å². The summed E-state index contributed by atoms with van der Waals surface area (Å²) in [6, 6.07) is 0. The Labute approximate surface area is 62.3 Å². The van der Waals surface area contributed by atoms with Gasteiger partial charge in [-0.25, -0.2) is 0 Å². The molecule has 0 aliphatic heterocycles. The number of allylic oxidation sites excluding steroid dienone is 2. The largest absolute Gasteiger partial charge is 0.0848 e. The van der Waals surface area contributed by atoms with Gasteiger partial charge in [0.25, 0.3) is 0 Å². The highest BCUT2D eigenvalue weighted by molar-refractivity contribution is 5.14. The van der Waals surface area contributed by atoms with Crippen molar-refractivity contribution >= 4 is 0 Å². The van der Waals surface area contributed by atoms with Crippen LogP contribution >= 0.6 is 0 Å². The fraction of sp³-hybridized carbons (Fsp3) is 0.800. The average Bonchev–Trinajstić information content (AvgIpc) is 2.60. The average molecular weight is 134 g/mol. The molecule has 54 valence electrons. The van der Waals surface area contributed by atoms with E-state index < -0.39 is 0 Å². The van der Waals surface area contributed by atoms with Crippen molar-refractivity contribution < 1.29 is 0 Å². The maximum absolute atomic E-state index is 2.48. The van der Waals surface area contributed by atoms with Crippen molar-refractivity contribution in [3.05, 3.63) is 12.2 Å². The predicted octanol–water partition coefficient (Wildman–Crippen LogP) is 2.61. The standard InChI is InChI=1S/C10H14/c1-2-9-7-4-5-8(6-7)10(9)3-1/h4-5,7-10H,1-3,6H2. The van der Waals surface area contributed by atoms with Crippen molar-refractivity contribution in [2.24, 2.45) is 23.7 Å². The van der Waals surface area contributed by atoms with Crippen LogP contribution in [0.2, 0.25) is 0 Å². The monoisotopic (exact) mass is 134 g/mol. The first-order valence-corrected chi connectivity index (χ1v) is 4.63. The van der Waals surface area contributed by atoms with Gasteiger partial charge in [-0.15, -0.1) is 0 Å². The van der Waals surface area contributed by atoms with Crippen LogP contribution in [0.4, 0.5) is 0 Å². The Morgan fingerprint density at radius 1 is 0.900 bits per heavy atom. The molecular formula is C10H14. The molecule has 0 heterocycles. The number of hydrogen-bond donors (Lipinski definition) is 0. The lowest BCUT2D eigenvalue weighted by Crippen LogP contribution is -2.12. The van der Waals surface area contributed by atoms with Gasteiger partial charge in [0.15, 0.2) is 0 Å². The Morgan fingerprint density at radius 3 is 2.10 bits per heavy atom. The molecule has 10 heavy (non-hydrogen) atoms. The van der Waals surface area contributed by atoms with Crippen LogP contribution < -0.4 is 0 Å². The van der Waals surface area contributed by atoms with Crippen LogP contribution in [0.25, 0.3) is 0 Å². The third-order valence-corrected chi connectivity index (χ3v) is 3.87. The van der Waals surface area contributed by atoms with E-state index in [2.05, 4.69) is 12.2 Å². The Kier molecular flexibility index (Phi) is 0.898. The maximum atomic E-state index is 2.48. The van der Waals surface area contributed by atoms with Gasteiger partial charge in [0.2, 0.25) is 0 Å². The summed E-state index contributed by atoms with van der Waals surface area (Å²) < 4.78 is 0. The molecule has 3 aliphatic rings. The van der Waals surface area contributed by atoms with Crippen LogP contribution in [0, 0.1) is 23.7 Å². The maximum Gasteiger partial charge on any atom is -0.0196 e. The van der Waals surface area contributed by atoms with Crippen molar-refractivity contribution in [3.8, 4) is 0 Å². The highest BCUT2D eigenvalue weighted by Crippen LogP contribution is 2.55. The summed E-state index contributed by atoms with van der Waals surface area (Å²) in [6.07, 6.45) is 11.1. The zero-order chi connectivity index (χ0) is 6.55. The van der Waals surface area contributed by atoms with Gasteiger partial charge in [0.05, 0.1) is 0 Å². The molecule has 0 aromatic rings. The van der Waals surface area contributed by atoms with Crippen molar-refractivity contribution in [3.63, 3.8) is 0 Å². The van der Waals surface area contributed by atoms with Crippen LogP contribution in [0.3, 0.4) is 0 Å². The number of rotatable bonds is 0. The molecule has 4 atom stereocenters. The van der Waals surface area contributed by atoms with Gasteiger partial charge < -0.3 is 0 Å². The highest BCUT2D eigenvalue weighted by atomic mass is 14.5. The second-order valence-corrected chi connectivity index (χ2v) is 4.21. The van der Waals surface area contributed by atoms with E-state index in [4.69, 9.17) is 0 Å². The Morgan fingerprint density at radius 2 is 1.50 bits per heavy atom. The molecule has 0 aromatic carbocycles. The molecule has 3 aliphatic carbocycles. The molecule has 0 spiro atoms. The molecule has 4 unspecified atom stereocenters. The van der Waals surface area contributed by atoms with Crippen molar-refractivity contribution in [1.82, 2.24) is 0 Å². The molecule has 0 nitrogen and oxygen atoms in total. The van der Waals surface area contributed by atoms with E-state index in [-0.39, 0.29) is 0 Å². The first-order valence-electron chi connectivity index (χ1n) is 4.63. The smallest absolute Gasteiger partial charge is 0.0196 e. The lowest BCUT2D eigenvalue weighted by Gasteiger charge is -2.19. The van der Waals surface area contributed by atoms with E-state index in [1.54, 1.807) is 0 Å². The summed E-state index contributed by atoms with van der Waals surface area (Å²) in [6.45, 7) is 0. The topological polar surface area (TPSA) is 0 Å². The van der Waals surface area contributed by atoms with E-state index in [9.17, 15) is 0 Å². The normalized spacial score (nSPS) is 56.0. The summed E-state index contributed by atoms with van der Waals surface area (Å²) in [5.74, 6) is 4.26. The quantitative estimate of drug-likeness (QED) is 0.447. The van der Waals surface area contributed by atoms with Gasteiger partial charge >= 0.3 is 0 Å². The van der Waals surface area contributed by atoms with Crippen molar-refractivity contribution in [2.45, 2.75) is 25.7 Å². The van der Waals surface area contributed by atoms with Crippen LogP contribution in [0.1, 0.15) is 25.7 Å². The van der Waals surface area contributed by atoms with E-state index in [0.717, 1.165) is 23.7 Å². The van der Waals surface area contributed by atoms with Crippen LogP contribution in [0.5, 0.6) is 0 Å². The van der Waals surface area contributed by atoms with Gasteiger partial charge in [-0.2, -0.15) is 0 Å². The Balaban J connectivity index is 1.99. The number of fused-ring (bicyclic) bond motifs is 5. The molecule has 2 fully saturated rings. The third kappa shape index (κ3) is 0.492. The molecule has 2 bridgehead atoms. The lowest BCUT2D eigenvalue weighted by molar-refractivity contribution is 0.364. The minimum atomic E-state index is 1.01. The molecule has 0 heteroatoms. The fourth-order valence-electron chi connectivity index (χ4n) is 3.47. The molecule has 3 rings (SSSR count). The molecule has 0 N–H and O–H groups in total. The van der Waals surface area contributed by atoms with E-state index in [0.29, 0.717) is 0 Å². The van der Waals surface area contributed by atoms with Gasteiger partial charge in [0, 0.05) is 0 Å². The minimum absolute atomic E-state index is 1.01. The van der Waals surface area contributed by atoms with Crippen LogP contribution in [0.15, 0.2) is 12.2 Å². The van der Waals surface area contributed by atoms with E-state index >= 15 is 0 Å². The van der Waals surface area contributed by atoms with Crippen LogP contribution in [-0.4, -0.2) is 0 Å². The highest BCUT2D eigenvalue weighted by Gasteiger charge is 2.46. The summed E-state index contributed by atoms with van der Waals surface area (Å²) in [5.41, 5.74) is 0. The molecule has 0 amide bonds. The van der Waals surface area contributed by atoms with E-state index in [1.165, 1.54) is 25.7 Å². The van der Waals surface area contributed by atoms with Crippen molar-refractivity contribution in [2.75, 3.05) is 0 Å². The lowest BCUT2D eigenvalue weighted by atomic mass is 9.86. The summed E-state index contributed by atoms with van der Waals surface area (Å²) in [5, 5.41) is 0. The molecule has 2 saturated carbocycles. The SMILES string of the molecule is C1=CC2CC1C1CCCC21. The molecule has 0 saturated heterocycles. The summed E-state index contributed by atoms with van der Waals surface area (Å²) in [4.78, 5) is 0. The van der Waals surface area contributed by atoms with Gasteiger partial charge in [-0.3, -0.25) is 0 Å². The predicted molar refractivity (Wildman–Crippen MR) is 41.6 cm³/mol. The third-order valence-electron chi connectivity index (χ3n) is 3.87. The molecular weight excluding hydrogens is 120 g/mol. The zero-order valence-corrected chi connectivity index (χ0v) is 6.29. The first-order chi connectivity index (χ1) is 4.95. The molecule has 0 radical (unpaired) electrons. The van der Waals surface area contributed by atoms with Gasteiger partial charge in [0.1, 0.15) is 0 Å². The van der Waals surface area contributed by atoms with Gasteiger partial charge in [-0.05, 0) is 42.9 Å².